The van der Waals surface area contributed by atoms with Gasteiger partial charge in [0.1, 0.15) is 35.2 Å². The minimum atomic E-state index is -3.94. The second-order valence-electron chi connectivity index (χ2n) is 8.84. The van der Waals surface area contributed by atoms with Crippen LogP contribution in [0.5, 0.6) is 0 Å². The summed E-state index contributed by atoms with van der Waals surface area (Å²) in [5.41, 5.74) is 0.146. The molecular weight excluding hydrogens is 448 g/mol. The number of urea groups is 1. The summed E-state index contributed by atoms with van der Waals surface area (Å²) in [5, 5.41) is 12.2. The second kappa shape index (κ2) is 7.72. The molecule has 4 aliphatic rings. The van der Waals surface area contributed by atoms with E-state index in [1.807, 2.05) is 6.07 Å². The number of fused-ring (bicyclic) bond motifs is 1. The molecule has 12 heteroatoms. The highest BCUT2D eigenvalue weighted by atomic mass is 32.2. The van der Waals surface area contributed by atoms with Crippen molar-refractivity contribution in [2.24, 2.45) is 13.0 Å². The summed E-state index contributed by atoms with van der Waals surface area (Å²) >= 11 is 0. The summed E-state index contributed by atoms with van der Waals surface area (Å²) in [6.07, 6.45) is 8.52. The minimum Gasteiger partial charge on any atom is -0.380 e. The van der Waals surface area contributed by atoms with Gasteiger partial charge in [-0.3, -0.25) is 4.68 Å². The third kappa shape index (κ3) is 3.92. The maximum Gasteiger partial charge on any atom is 0.501 e. The van der Waals surface area contributed by atoms with Gasteiger partial charge in [-0.15, -0.1) is 0 Å². The van der Waals surface area contributed by atoms with Gasteiger partial charge in [-0.2, -0.15) is 29.4 Å². The first kappa shape index (κ1) is 21.7. The van der Waals surface area contributed by atoms with E-state index in [1.54, 1.807) is 24.1 Å². The number of carbonyl (C=O) groups is 2. The highest BCUT2D eigenvalue weighted by Crippen LogP contribution is 2.36. The third-order valence-electron chi connectivity index (χ3n) is 6.19. The van der Waals surface area contributed by atoms with Crippen LogP contribution in [0.3, 0.4) is 0 Å². The van der Waals surface area contributed by atoms with Crippen molar-refractivity contribution in [1.29, 1.82) is 5.26 Å². The molecule has 1 N–H and O–H groups in total. The fourth-order valence-electron chi connectivity index (χ4n) is 4.07. The van der Waals surface area contributed by atoms with E-state index in [-0.39, 0.29) is 18.0 Å². The number of imide groups is 1. The maximum atomic E-state index is 13.4. The van der Waals surface area contributed by atoms with Crippen molar-refractivity contribution >= 4 is 27.7 Å². The number of hydrogen-bond acceptors (Lipinski definition) is 7. The van der Waals surface area contributed by atoms with Crippen LogP contribution in [-0.2, 0) is 33.1 Å². The van der Waals surface area contributed by atoms with Crippen LogP contribution in [0.15, 0.2) is 36.2 Å². The number of allylic oxidation sites excluding steroid dienone is 1. The van der Waals surface area contributed by atoms with E-state index in [9.17, 15) is 23.3 Å². The van der Waals surface area contributed by atoms with Crippen molar-refractivity contribution in [2.45, 2.75) is 30.2 Å². The fourth-order valence-corrected chi connectivity index (χ4v) is 5.60. The van der Waals surface area contributed by atoms with E-state index in [4.69, 9.17) is 4.74 Å². The summed E-state index contributed by atoms with van der Waals surface area (Å²) in [5.74, 6) is -0.427. The standard InChI is InChI=1S/C21H23N6O5S/c1-25-8-14(7-23-25)9-27-19(28)17-6-16(33(30,31)24-21(13-22)4-5-21)2-3-18(17)26(20(27)29)10-15-11-32-12-15/h2-3,6-8,15-16,24H,4-5,9-12H2,1H3/q+1. The van der Waals surface area contributed by atoms with E-state index < -0.39 is 32.8 Å². The van der Waals surface area contributed by atoms with Crippen molar-refractivity contribution in [3.8, 4) is 6.07 Å². The molecule has 2 aliphatic carbocycles. The maximum absolute atomic E-state index is 13.4. The summed E-state index contributed by atoms with van der Waals surface area (Å²) in [4.78, 5) is 27.8. The van der Waals surface area contributed by atoms with Gasteiger partial charge >= 0.3 is 11.9 Å². The van der Waals surface area contributed by atoms with Gasteiger partial charge in [0.15, 0.2) is 0 Å². The number of aromatic nitrogens is 2. The molecule has 2 fully saturated rings. The van der Waals surface area contributed by atoms with Gasteiger partial charge in [-0.25, -0.2) is 13.2 Å². The monoisotopic (exact) mass is 471 g/mol. The lowest BCUT2D eigenvalue weighted by atomic mass is 9.98. The predicted molar refractivity (Wildman–Crippen MR) is 114 cm³/mol. The van der Waals surface area contributed by atoms with Gasteiger partial charge in [-0.05, 0) is 25.0 Å². The number of sulfonamides is 1. The first-order chi connectivity index (χ1) is 15.7. The Morgan fingerprint density at radius 2 is 2.12 bits per heavy atom. The topological polar surface area (TPSA) is 137 Å². The van der Waals surface area contributed by atoms with E-state index in [0.29, 0.717) is 43.9 Å². The van der Waals surface area contributed by atoms with Gasteiger partial charge in [0, 0.05) is 24.7 Å². The molecule has 3 heterocycles. The van der Waals surface area contributed by atoms with Gasteiger partial charge in [0.05, 0.1) is 25.5 Å². The highest BCUT2D eigenvalue weighted by molar-refractivity contribution is 7.90. The van der Waals surface area contributed by atoms with Crippen LogP contribution in [0.25, 0.3) is 0 Å². The Morgan fingerprint density at radius 3 is 2.70 bits per heavy atom. The van der Waals surface area contributed by atoms with Crippen LogP contribution in [0.2, 0.25) is 0 Å². The molecule has 0 spiro atoms. The van der Waals surface area contributed by atoms with Crippen LogP contribution in [-0.4, -0.2) is 75.9 Å². The Bertz CT molecular complexity index is 1280. The lowest BCUT2D eigenvalue weighted by Crippen LogP contribution is -2.54. The Kier molecular flexibility index (Phi) is 5.08. The minimum absolute atomic E-state index is 0.0186. The number of hydrogen-bond donors (Lipinski definition) is 1. The van der Waals surface area contributed by atoms with E-state index in [1.165, 1.54) is 22.8 Å². The number of amides is 3. The largest absolute Gasteiger partial charge is 0.501 e. The SMILES string of the molecule is Cn1cc(CN2C(=O)C3=CC(S(=O)(=O)NC4(C#N)CC4)C=CC3=[N+](CC3COC3)C2=O)cn1. The van der Waals surface area contributed by atoms with E-state index in [0.717, 1.165) is 4.90 Å². The first-order valence-electron chi connectivity index (χ1n) is 10.6. The molecule has 1 unspecified atom stereocenters. The van der Waals surface area contributed by atoms with Crippen LogP contribution in [0, 0.1) is 17.2 Å². The zero-order valence-corrected chi connectivity index (χ0v) is 18.8. The summed E-state index contributed by atoms with van der Waals surface area (Å²) in [6, 6.07) is 1.54. The normalized spacial score (nSPS) is 24.3. The number of nitriles is 1. The molecule has 1 atom stereocenters. The highest BCUT2D eigenvalue weighted by Gasteiger charge is 2.50. The molecule has 0 radical (unpaired) electrons. The van der Waals surface area contributed by atoms with Crippen molar-refractivity contribution in [3.63, 3.8) is 0 Å². The molecule has 0 aromatic carbocycles. The number of rotatable bonds is 7. The van der Waals surface area contributed by atoms with E-state index >= 15 is 0 Å². The van der Waals surface area contributed by atoms with Gasteiger partial charge in [0.25, 0.3) is 0 Å². The summed E-state index contributed by atoms with van der Waals surface area (Å²) in [6.45, 7) is 1.42. The molecule has 2 aliphatic heterocycles. The summed E-state index contributed by atoms with van der Waals surface area (Å²) < 4.78 is 36.7. The predicted octanol–water partition coefficient (Wildman–Crippen LogP) is -0.177. The number of ether oxygens (including phenoxy) is 1. The smallest absolute Gasteiger partial charge is 0.380 e. The quantitative estimate of drug-likeness (QED) is 0.545. The fraction of sp³-hybridized carbons (Fsp3) is 0.476. The van der Waals surface area contributed by atoms with Gasteiger partial charge in [-0.1, -0.05) is 6.08 Å². The second-order valence-corrected chi connectivity index (χ2v) is 10.7. The Hall–Kier alpha value is -3.14. The summed E-state index contributed by atoms with van der Waals surface area (Å²) in [7, 11) is -2.20. The molecule has 1 aromatic rings. The molecular formula is C21H23N6O5S+. The van der Waals surface area contributed by atoms with Gasteiger partial charge < -0.3 is 4.74 Å². The molecule has 172 valence electrons. The lowest BCUT2D eigenvalue weighted by Gasteiger charge is -2.30. The van der Waals surface area contributed by atoms with Crippen molar-refractivity contribution in [1.82, 2.24) is 19.4 Å². The van der Waals surface area contributed by atoms with Crippen molar-refractivity contribution < 1.29 is 27.3 Å². The molecule has 0 bridgehead atoms. The molecule has 33 heavy (non-hydrogen) atoms. The molecule has 3 amide bonds. The Morgan fingerprint density at radius 1 is 1.36 bits per heavy atom. The van der Waals surface area contributed by atoms with Crippen molar-refractivity contribution in [3.05, 3.63) is 41.8 Å². The molecule has 1 saturated carbocycles. The number of carbonyl (C=O) groups excluding carboxylic acids is 2. The Labute approximate surface area is 190 Å². The van der Waals surface area contributed by atoms with Gasteiger partial charge in [0.2, 0.25) is 10.0 Å². The molecule has 11 nitrogen and oxygen atoms in total. The zero-order chi connectivity index (χ0) is 23.4. The first-order valence-corrected chi connectivity index (χ1v) is 12.2. The zero-order valence-electron chi connectivity index (χ0n) is 18.0. The van der Waals surface area contributed by atoms with Crippen molar-refractivity contribution in [2.75, 3.05) is 19.8 Å². The van der Waals surface area contributed by atoms with E-state index in [2.05, 4.69) is 9.82 Å². The average molecular weight is 472 g/mol. The van der Waals surface area contributed by atoms with Crippen LogP contribution in [0.4, 0.5) is 4.79 Å². The molecule has 5 rings (SSSR count). The number of nitrogens with zero attached hydrogens (tertiary/aromatic N) is 5. The van der Waals surface area contributed by atoms with Crippen LogP contribution in [0.1, 0.15) is 18.4 Å². The number of aryl methyl sites for hydroxylation is 1. The third-order valence-corrected chi connectivity index (χ3v) is 7.87. The lowest BCUT2D eigenvalue weighted by molar-refractivity contribution is -0.453. The Balaban J connectivity index is 1.50. The molecule has 1 aromatic heterocycles. The van der Waals surface area contributed by atoms with Crippen LogP contribution < -0.4 is 4.72 Å². The van der Waals surface area contributed by atoms with Crippen LogP contribution >= 0.6 is 0 Å². The molecule has 1 saturated heterocycles. The number of nitrogens with one attached hydrogen (secondary N) is 1. The average Bonchev–Trinajstić information content (AvgIpc) is 3.40.